The Morgan fingerprint density at radius 3 is 2.72 bits per heavy atom. The Bertz CT molecular complexity index is 1130. The third-order valence-corrected chi connectivity index (χ3v) is 6.17. The van der Waals surface area contributed by atoms with Gasteiger partial charge in [-0.15, -0.1) is 5.10 Å². The maximum Gasteiger partial charge on any atom is 0.407 e. The number of allylic oxidation sites excluding steroid dienone is 4. The van der Waals surface area contributed by atoms with E-state index in [0.29, 0.717) is 13.1 Å². The number of thiazole rings is 1. The van der Waals surface area contributed by atoms with Crippen LogP contribution in [0, 0.1) is 0 Å². The molecule has 0 spiro atoms. The van der Waals surface area contributed by atoms with Gasteiger partial charge >= 0.3 is 6.09 Å². The van der Waals surface area contributed by atoms with Crippen molar-refractivity contribution in [1.29, 1.82) is 0 Å². The van der Waals surface area contributed by atoms with E-state index < -0.39 is 11.7 Å². The van der Waals surface area contributed by atoms with Crippen molar-refractivity contribution < 1.29 is 9.53 Å². The summed E-state index contributed by atoms with van der Waals surface area (Å²) in [5.74, 6) is 0. The minimum absolute atomic E-state index is 0.397. The van der Waals surface area contributed by atoms with E-state index in [0.717, 1.165) is 29.8 Å². The van der Waals surface area contributed by atoms with Crippen LogP contribution < -0.4 is 10.1 Å². The van der Waals surface area contributed by atoms with Crippen LogP contribution in [0.3, 0.4) is 0 Å². The van der Waals surface area contributed by atoms with Gasteiger partial charge in [-0.3, -0.25) is 4.99 Å². The van der Waals surface area contributed by atoms with Gasteiger partial charge in [0.2, 0.25) is 4.80 Å². The van der Waals surface area contributed by atoms with E-state index >= 15 is 0 Å². The molecule has 1 amide bonds. The molecule has 0 unspecified atom stereocenters. The van der Waals surface area contributed by atoms with Crippen molar-refractivity contribution in [3.8, 4) is 0 Å². The number of aryl methyl sites for hydroxylation is 1. The Hall–Kier alpha value is -3.00. The number of unbranched alkanes of at least 4 members (excludes halogenated alkanes) is 3. The topological polar surface area (TPSA) is 80.3 Å². The van der Waals surface area contributed by atoms with Gasteiger partial charge in [-0.25, -0.2) is 4.79 Å². The van der Waals surface area contributed by atoms with Crippen molar-refractivity contribution in [2.45, 2.75) is 78.9 Å². The first-order valence-electron chi connectivity index (χ1n) is 12.8. The lowest BCUT2D eigenvalue weighted by atomic mass is 10.2. The van der Waals surface area contributed by atoms with Crippen LogP contribution >= 0.6 is 11.3 Å². The number of para-hydroxylation sites is 1. The van der Waals surface area contributed by atoms with Crippen LogP contribution in [0.5, 0.6) is 0 Å². The van der Waals surface area contributed by atoms with Crippen molar-refractivity contribution in [2.24, 2.45) is 15.2 Å². The first-order chi connectivity index (χ1) is 17.3. The van der Waals surface area contributed by atoms with Gasteiger partial charge in [0.05, 0.1) is 16.4 Å². The van der Waals surface area contributed by atoms with Crippen LogP contribution in [-0.2, 0) is 11.3 Å². The molecular formula is C28H41N5O2S. The standard InChI is InChI=1S/C28H41N5O2S/c1-6-8-9-12-21-33-24-16-10-11-17-25(24)36-26(33)32-31-22-23(7-2)15-13-18-29-19-14-20-30-27(34)35-28(3,4)5/h7,10-11,13,15-18,22H,6,8-9,12,14,19-21H2,1-5H3,(H,30,34)/b15-13-,23-7+,29-18+,31-22+,32-26-. The number of alkyl carbamates (subject to hydrolysis) is 1. The summed E-state index contributed by atoms with van der Waals surface area (Å²) in [5, 5.41) is 11.6. The van der Waals surface area contributed by atoms with Gasteiger partial charge in [0.25, 0.3) is 0 Å². The third kappa shape index (κ3) is 11.2. The highest BCUT2D eigenvalue weighted by Gasteiger charge is 2.15. The number of aliphatic imine (C=N–C) groups is 1. The van der Waals surface area contributed by atoms with Gasteiger partial charge in [0.1, 0.15) is 5.60 Å². The van der Waals surface area contributed by atoms with Crippen LogP contribution in [0.1, 0.15) is 66.7 Å². The largest absolute Gasteiger partial charge is 0.444 e. The van der Waals surface area contributed by atoms with E-state index in [-0.39, 0.29) is 0 Å². The van der Waals surface area contributed by atoms with E-state index in [1.54, 1.807) is 23.8 Å². The molecule has 0 aliphatic rings. The predicted molar refractivity (Wildman–Crippen MR) is 153 cm³/mol. The fourth-order valence-electron chi connectivity index (χ4n) is 3.33. The summed E-state index contributed by atoms with van der Waals surface area (Å²) in [7, 11) is 0. The zero-order valence-corrected chi connectivity index (χ0v) is 23.2. The Morgan fingerprint density at radius 1 is 1.17 bits per heavy atom. The Labute approximate surface area is 219 Å². The van der Waals surface area contributed by atoms with Crippen molar-refractivity contribution in [3.63, 3.8) is 0 Å². The predicted octanol–water partition coefficient (Wildman–Crippen LogP) is 6.66. The average molecular weight is 512 g/mol. The highest BCUT2D eigenvalue weighted by Crippen LogP contribution is 2.17. The number of nitrogens with zero attached hydrogens (tertiary/aromatic N) is 4. The molecule has 36 heavy (non-hydrogen) atoms. The molecule has 0 saturated carbocycles. The first kappa shape index (κ1) is 29.2. The molecule has 1 aromatic carbocycles. The molecule has 8 heteroatoms. The molecule has 0 radical (unpaired) electrons. The highest BCUT2D eigenvalue weighted by atomic mass is 32.1. The first-order valence-corrected chi connectivity index (χ1v) is 13.6. The van der Waals surface area contributed by atoms with Gasteiger partial charge in [-0.05, 0) is 64.3 Å². The van der Waals surface area contributed by atoms with Crippen LogP contribution in [0.25, 0.3) is 10.2 Å². The number of carbonyl (C=O) groups is 1. The summed E-state index contributed by atoms with van der Waals surface area (Å²) in [6.45, 7) is 11.8. The maximum absolute atomic E-state index is 11.6. The Kier molecular flexibility index (Phi) is 12.9. The van der Waals surface area contributed by atoms with Gasteiger partial charge < -0.3 is 14.6 Å². The minimum atomic E-state index is -0.485. The highest BCUT2D eigenvalue weighted by molar-refractivity contribution is 7.16. The maximum atomic E-state index is 11.6. The van der Waals surface area contributed by atoms with Crippen LogP contribution in [0.15, 0.2) is 63.3 Å². The van der Waals surface area contributed by atoms with Crippen molar-refractivity contribution in [1.82, 2.24) is 9.88 Å². The number of carbonyl (C=O) groups excluding carboxylic acids is 1. The molecule has 0 aliphatic heterocycles. The molecule has 0 aliphatic carbocycles. The monoisotopic (exact) mass is 511 g/mol. The fourth-order valence-corrected chi connectivity index (χ4v) is 4.35. The van der Waals surface area contributed by atoms with Gasteiger partial charge in [0, 0.05) is 25.8 Å². The number of fused-ring (bicyclic) bond motifs is 1. The van der Waals surface area contributed by atoms with Crippen molar-refractivity contribution in [3.05, 3.63) is 52.9 Å². The molecule has 0 fully saturated rings. The lowest BCUT2D eigenvalue weighted by molar-refractivity contribution is 0.0527. The van der Waals surface area contributed by atoms with Crippen molar-refractivity contribution >= 4 is 40.1 Å². The average Bonchev–Trinajstić information content (AvgIpc) is 3.18. The molecular weight excluding hydrogens is 470 g/mol. The second kappa shape index (κ2) is 15.9. The lowest BCUT2D eigenvalue weighted by Crippen LogP contribution is -2.33. The van der Waals surface area contributed by atoms with E-state index in [2.05, 4.69) is 56.3 Å². The van der Waals surface area contributed by atoms with Crippen LogP contribution in [0.4, 0.5) is 4.79 Å². The fraction of sp³-hybridized carbons (Fsp3) is 0.500. The number of hydrogen-bond donors (Lipinski definition) is 1. The summed E-state index contributed by atoms with van der Waals surface area (Å²) in [6.07, 6.45) is 14.6. The summed E-state index contributed by atoms with van der Waals surface area (Å²) >= 11 is 1.67. The molecule has 1 heterocycles. The number of amides is 1. The van der Waals surface area contributed by atoms with E-state index in [1.165, 1.54) is 29.5 Å². The van der Waals surface area contributed by atoms with Gasteiger partial charge in [0.15, 0.2) is 0 Å². The number of rotatable bonds is 13. The molecule has 1 N–H and O–H groups in total. The summed E-state index contributed by atoms with van der Waals surface area (Å²) in [5.41, 5.74) is 1.69. The number of aromatic nitrogens is 1. The molecule has 0 saturated heterocycles. The molecule has 2 rings (SSSR count). The van der Waals surface area contributed by atoms with Crippen LogP contribution in [0.2, 0.25) is 0 Å². The normalized spacial score (nSPS) is 13.6. The second-order valence-electron chi connectivity index (χ2n) is 9.39. The summed E-state index contributed by atoms with van der Waals surface area (Å²) in [6, 6.07) is 8.43. The number of ether oxygens (including phenoxy) is 1. The third-order valence-electron chi connectivity index (χ3n) is 5.12. The smallest absolute Gasteiger partial charge is 0.407 e. The molecule has 1 aromatic heterocycles. The zero-order chi connectivity index (χ0) is 26.2. The second-order valence-corrected chi connectivity index (χ2v) is 10.4. The number of hydrogen-bond acceptors (Lipinski definition) is 6. The number of nitrogens with one attached hydrogen (secondary N) is 1. The molecule has 0 atom stereocenters. The van der Waals surface area contributed by atoms with Gasteiger partial charge in [-0.1, -0.05) is 61.8 Å². The number of benzene rings is 1. The van der Waals surface area contributed by atoms with Crippen molar-refractivity contribution in [2.75, 3.05) is 13.1 Å². The van der Waals surface area contributed by atoms with E-state index in [1.807, 2.05) is 45.9 Å². The molecule has 196 valence electrons. The van der Waals surface area contributed by atoms with Crippen LogP contribution in [-0.4, -0.2) is 41.8 Å². The Balaban J connectivity index is 1.89. The van der Waals surface area contributed by atoms with Gasteiger partial charge in [-0.2, -0.15) is 5.10 Å². The van der Waals surface area contributed by atoms with E-state index in [4.69, 9.17) is 4.74 Å². The zero-order valence-electron chi connectivity index (χ0n) is 22.4. The molecule has 7 nitrogen and oxygen atoms in total. The van der Waals surface area contributed by atoms with E-state index in [9.17, 15) is 4.79 Å². The summed E-state index contributed by atoms with van der Waals surface area (Å²) < 4.78 is 8.71. The Morgan fingerprint density at radius 2 is 1.97 bits per heavy atom. The molecule has 0 bridgehead atoms. The quantitative estimate of drug-likeness (QED) is 0.141. The molecule has 2 aromatic rings. The SMILES string of the molecule is C/C=C(\C=C/C=N/CCCNC(=O)OC(C)(C)C)/C=N/N=c1\sc2ccccc2n1CCCCCC. The summed E-state index contributed by atoms with van der Waals surface area (Å²) in [4.78, 5) is 16.9. The lowest BCUT2D eigenvalue weighted by Gasteiger charge is -2.19. The minimum Gasteiger partial charge on any atom is -0.444 e.